The van der Waals surface area contributed by atoms with Gasteiger partial charge in [0.2, 0.25) is 5.91 Å². The van der Waals surface area contributed by atoms with Crippen molar-refractivity contribution in [3.63, 3.8) is 0 Å². The minimum absolute atomic E-state index is 0.198. The third-order valence-electron chi connectivity index (χ3n) is 2.90. The lowest BCUT2D eigenvalue weighted by molar-refractivity contribution is 0.100. The highest BCUT2D eigenvalue weighted by molar-refractivity contribution is 6.00. The maximum absolute atomic E-state index is 11.5. The van der Waals surface area contributed by atoms with Crippen molar-refractivity contribution < 1.29 is 9.90 Å². The van der Waals surface area contributed by atoms with Gasteiger partial charge in [-0.05, 0) is 48.7 Å². The lowest BCUT2D eigenvalue weighted by Gasteiger charge is -2.12. The van der Waals surface area contributed by atoms with Gasteiger partial charge in [-0.2, -0.15) is 0 Å². The Kier molecular flexibility index (Phi) is 3.06. The standard InChI is InChI=1S/C15H15NO2/c1-9-7-10(2)14(13(8-9)15(16)18)11-3-5-12(17)6-4-11/h3-8,17H,1-2H3,(H2,16,18). The average molecular weight is 241 g/mol. The number of phenols is 1. The summed E-state index contributed by atoms with van der Waals surface area (Å²) in [7, 11) is 0. The predicted molar refractivity (Wildman–Crippen MR) is 71.5 cm³/mol. The van der Waals surface area contributed by atoms with Gasteiger partial charge in [0.05, 0.1) is 0 Å². The Morgan fingerprint density at radius 2 is 1.72 bits per heavy atom. The number of carbonyl (C=O) groups excluding carboxylic acids is 1. The Bertz CT molecular complexity index is 601. The number of benzene rings is 2. The molecule has 0 aromatic heterocycles. The molecule has 0 radical (unpaired) electrons. The van der Waals surface area contributed by atoms with Gasteiger partial charge in [0.1, 0.15) is 5.75 Å². The van der Waals surface area contributed by atoms with Gasteiger partial charge < -0.3 is 10.8 Å². The quantitative estimate of drug-likeness (QED) is 0.849. The zero-order valence-electron chi connectivity index (χ0n) is 10.4. The van der Waals surface area contributed by atoms with Crippen LogP contribution in [0.3, 0.4) is 0 Å². The normalized spacial score (nSPS) is 10.3. The number of primary amides is 1. The molecule has 0 aliphatic heterocycles. The van der Waals surface area contributed by atoms with Crippen LogP contribution in [-0.2, 0) is 0 Å². The van der Waals surface area contributed by atoms with Gasteiger partial charge in [-0.1, -0.05) is 23.8 Å². The zero-order chi connectivity index (χ0) is 13.3. The largest absolute Gasteiger partial charge is 0.508 e. The fraction of sp³-hybridized carbons (Fsp3) is 0.133. The van der Waals surface area contributed by atoms with E-state index in [4.69, 9.17) is 5.73 Å². The van der Waals surface area contributed by atoms with Gasteiger partial charge in [0.15, 0.2) is 0 Å². The molecule has 1 amide bonds. The second-order valence-corrected chi connectivity index (χ2v) is 4.42. The minimum Gasteiger partial charge on any atom is -0.508 e. The molecule has 0 aliphatic rings. The molecule has 2 aromatic rings. The van der Waals surface area contributed by atoms with Crippen LogP contribution in [0.4, 0.5) is 0 Å². The minimum atomic E-state index is -0.440. The van der Waals surface area contributed by atoms with E-state index in [1.54, 1.807) is 30.3 Å². The summed E-state index contributed by atoms with van der Waals surface area (Å²) in [6.45, 7) is 3.88. The summed E-state index contributed by atoms with van der Waals surface area (Å²) in [5.74, 6) is -0.242. The summed E-state index contributed by atoms with van der Waals surface area (Å²) in [5.41, 5.74) is 9.64. The van der Waals surface area contributed by atoms with E-state index in [0.29, 0.717) is 5.56 Å². The van der Waals surface area contributed by atoms with E-state index in [9.17, 15) is 9.90 Å². The van der Waals surface area contributed by atoms with E-state index < -0.39 is 5.91 Å². The van der Waals surface area contributed by atoms with Crippen LogP contribution in [0.25, 0.3) is 11.1 Å². The van der Waals surface area contributed by atoms with Crippen molar-refractivity contribution in [3.8, 4) is 16.9 Å². The van der Waals surface area contributed by atoms with E-state index in [1.165, 1.54) is 0 Å². The van der Waals surface area contributed by atoms with Crippen LogP contribution in [0.15, 0.2) is 36.4 Å². The molecule has 3 N–H and O–H groups in total. The fourth-order valence-electron chi connectivity index (χ4n) is 2.17. The lowest BCUT2D eigenvalue weighted by atomic mass is 9.93. The summed E-state index contributed by atoms with van der Waals surface area (Å²) in [6.07, 6.45) is 0. The van der Waals surface area contributed by atoms with Crippen molar-refractivity contribution in [2.45, 2.75) is 13.8 Å². The first kappa shape index (κ1) is 12.2. The van der Waals surface area contributed by atoms with Crippen LogP contribution in [0, 0.1) is 13.8 Å². The SMILES string of the molecule is Cc1cc(C)c(-c2ccc(O)cc2)c(C(N)=O)c1. The summed E-state index contributed by atoms with van der Waals surface area (Å²) in [6, 6.07) is 10.5. The smallest absolute Gasteiger partial charge is 0.249 e. The van der Waals surface area contributed by atoms with Crippen LogP contribution in [0.1, 0.15) is 21.5 Å². The Morgan fingerprint density at radius 1 is 1.11 bits per heavy atom. The number of aryl methyl sites for hydroxylation is 2. The topological polar surface area (TPSA) is 63.3 Å². The van der Waals surface area contributed by atoms with Crippen molar-refractivity contribution in [3.05, 3.63) is 53.1 Å². The van der Waals surface area contributed by atoms with E-state index >= 15 is 0 Å². The molecule has 0 saturated carbocycles. The molecule has 2 rings (SSSR count). The molecular weight excluding hydrogens is 226 g/mol. The number of amides is 1. The first-order valence-corrected chi connectivity index (χ1v) is 5.69. The Morgan fingerprint density at radius 3 is 2.28 bits per heavy atom. The number of phenolic OH excluding ortho intramolecular Hbond substituents is 1. The number of carbonyl (C=O) groups is 1. The average Bonchev–Trinajstić information content (AvgIpc) is 2.29. The molecule has 0 fully saturated rings. The van der Waals surface area contributed by atoms with Gasteiger partial charge >= 0.3 is 0 Å². The van der Waals surface area contributed by atoms with E-state index in [2.05, 4.69) is 0 Å². The molecule has 0 unspecified atom stereocenters. The summed E-state index contributed by atoms with van der Waals surface area (Å²) in [5, 5.41) is 9.30. The number of hydrogen-bond acceptors (Lipinski definition) is 2. The summed E-state index contributed by atoms with van der Waals surface area (Å²) >= 11 is 0. The van der Waals surface area contributed by atoms with Crippen molar-refractivity contribution >= 4 is 5.91 Å². The van der Waals surface area contributed by atoms with Crippen LogP contribution >= 0.6 is 0 Å². The number of nitrogens with two attached hydrogens (primary N) is 1. The first-order chi connectivity index (χ1) is 8.49. The number of rotatable bonds is 2. The van der Waals surface area contributed by atoms with Crippen molar-refractivity contribution in [1.29, 1.82) is 0 Å². The molecule has 0 spiro atoms. The van der Waals surface area contributed by atoms with Gasteiger partial charge in [0.25, 0.3) is 0 Å². The van der Waals surface area contributed by atoms with Gasteiger partial charge in [-0.15, -0.1) is 0 Å². The summed E-state index contributed by atoms with van der Waals surface area (Å²) in [4.78, 5) is 11.5. The highest BCUT2D eigenvalue weighted by Crippen LogP contribution is 2.29. The monoisotopic (exact) mass is 241 g/mol. The second-order valence-electron chi connectivity index (χ2n) is 4.42. The highest BCUT2D eigenvalue weighted by Gasteiger charge is 2.13. The predicted octanol–water partition coefficient (Wildman–Crippen LogP) is 2.77. The summed E-state index contributed by atoms with van der Waals surface area (Å²) < 4.78 is 0. The Labute approximate surface area is 106 Å². The maximum Gasteiger partial charge on any atom is 0.249 e. The fourth-order valence-corrected chi connectivity index (χ4v) is 2.17. The maximum atomic E-state index is 11.5. The van der Waals surface area contributed by atoms with Gasteiger partial charge in [-0.25, -0.2) is 0 Å². The lowest BCUT2D eigenvalue weighted by Crippen LogP contribution is -2.13. The number of aromatic hydroxyl groups is 1. The van der Waals surface area contributed by atoms with Crippen LogP contribution in [0.5, 0.6) is 5.75 Å². The molecule has 0 aliphatic carbocycles. The van der Waals surface area contributed by atoms with Crippen molar-refractivity contribution in [2.75, 3.05) is 0 Å². The Balaban J connectivity index is 2.69. The van der Waals surface area contributed by atoms with Crippen molar-refractivity contribution in [2.24, 2.45) is 5.73 Å². The molecule has 0 saturated heterocycles. The molecule has 3 heteroatoms. The third kappa shape index (κ3) is 2.20. The molecule has 0 atom stereocenters. The van der Waals surface area contributed by atoms with Gasteiger partial charge in [0, 0.05) is 5.56 Å². The van der Waals surface area contributed by atoms with Crippen LogP contribution in [-0.4, -0.2) is 11.0 Å². The van der Waals surface area contributed by atoms with Crippen LogP contribution in [0.2, 0.25) is 0 Å². The molecular formula is C15H15NO2. The number of hydrogen-bond donors (Lipinski definition) is 2. The van der Waals surface area contributed by atoms with E-state index in [1.807, 2.05) is 19.9 Å². The van der Waals surface area contributed by atoms with Crippen LogP contribution < -0.4 is 5.73 Å². The first-order valence-electron chi connectivity index (χ1n) is 5.69. The third-order valence-corrected chi connectivity index (χ3v) is 2.90. The highest BCUT2D eigenvalue weighted by atomic mass is 16.3. The Hall–Kier alpha value is -2.29. The van der Waals surface area contributed by atoms with E-state index in [0.717, 1.165) is 22.3 Å². The van der Waals surface area contributed by atoms with Crippen molar-refractivity contribution in [1.82, 2.24) is 0 Å². The molecule has 92 valence electrons. The molecule has 2 aromatic carbocycles. The molecule has 3 nitrogen and oxygen atoms in total. The molecule has 0 bridgehead atoms. The second kappa shape index (κ2) is 4.53. The molecule has 0 heterocycles. The van der Waals surface area contributed by atoms with Gasteiger partial charge in [-0.3, -0.25) is 4.79 Å². The molecule has 18 heavy (non-hydrogen) atoms. The van der Waals surface area contributed by atoms with E-state index in [-0.39, 0.29) is 5.75 Å². The zero-order valence-corrected chi connectivity index (χ0v) is 10.4.